The predicted molar refractivity (Wildman–Crippen MR) is 254 cm³/mol. The summed E-state index contributed by atoms with van der Waals surface area (Å²) in [6.45, 7) is 33.6. The van der Waals surface area contributed by atoms with Crippen LogP contribution in [0.3, 0.4) is 0 Å². The molecule has 0 aromatic heterocycles. The van der Waals surface area contributed by atoms with Crippen molar-refractivity contribution in [2.45, 2.75) is 171 Å². The number of benzene rings is 4. The number of aryl methyl sites for hydroxylation is 4. The Morgan fingerprint density at radius 1 is 0.419 bits per heavy atom. The van der Waals surface area contributed by atoms with E-state index in [0.29, 0.717) is 35.8 Å². The molecule has 0 saturated heterocycles. The summed E-state index contributed by atoms with van der Waals surface area (Å²) in [5.74, 6) is 1.93. The zero-order valence-electron chi connectivity index (χ0n) is 40.1. The molecule has 0 spiro atoms. The Morgan fingerprint density at radius 2 is 0.597 bits per heavy atom. The van der Waals surface area contributed by atoms with Gasteiger partial charge in [0.15, 0.2) is 0 Å². The second-order valence-electron chi connectivity index (χ2n) is 20.6. The zero-order chi connectivity index (χ0) is 47.0. The third-order valence-electron chi connectivity index (χ3n) is 11.4. The monoisotopic (exact) mass is 904 g/mol. The number of hydrogen-bond acceptors (Lipinski definition) is 7. The van der Waals surface area contributed by atoms with Crippen LogP contribution in [0.1, 0.15) is 178 Å². The quantitative estimate of drug-likeness (QED) is 0.135. The molecule has 0 fully saturated rings. The first-order valence-electron chi connectivity index (χ1n) is 21.8. The van der Waals surface area contributed by atoms with E-state index in [9.17, 15) is 18.9 Å². The third kappa shape index (κ3) is 12.2. The Morgan fingerprint density at radius 3 is 0.742 bits per heavy atom. The van der Waals surface area contributed by atoms with Gasteiger partial charge >= 0.3 is 32.3 Å². The van der Waals surface area contributed by atoms with Crippen LogP contribution in [0, 0.1) is 0 Å². The summed E-state index contributed by atoms with van der Waals surface area (Å²) in [7, 11) is -8.73. The Bertz CT molecular complexity index is 2040. The molecule has 6 rings (SSSR count). The summed E-state index contributed by atoms with van der Waals surface area (Å²) in [6, 6.07) is 16.8. The van der Waals surface area contributed by atoms with Crippen LogP contribution in [-0.4, -0.2) is 30.6 Å². The molecule has 0 unspecified atom stereocenters. The van der Waals surface area contributed by atoms with E-state index in [2.05, 4.69) is 159 Å². The van der Waals surface area contributed by atoms with Crippen molar-refractivity contribution in [3.8, 4) is 23.0 Å². The van der Waals surface area contributed by atoms with Crippen LogP contribution >= 0.6 is 15.6 Å². The van der Waals surface area contributed by atoms with Gasteiger partial charge in [-0.25, -0.2) is 9.13 Å². The summed E-state index contributed by atoms with van der Waals surface area (Å²) in [4.78, 5) is 21.4. The van der Waals surface area contributed by atoms with Gasteiger partial charge < -0.3 is 22.3 Å². The fourth-order valence-electron chi connectivity index (χ4n) is 7.93. The highest BCUT2D eigenvalue weighted by Gasteiger charge is 2.38. The molecule has 4 aromatic rings. The first kappa shape index (κ1) is 51.6. The van der Waals surface area contributed by atoms with Crippen LogP contribution in [-0.2, 0) is 69.3 Å². The van der Waals surface area contributed by atoms with Crippen molar-refractivity contribution >= 4 is 32.3 Å². The van der Waals surface area contributed by atoms with Crippen LogP contribution in [0.15, 0.2) is 48.5 Å². The van der Waals surface area contributed by atoms with Gasteiger partial charge in [0, 0.05) is 35.1 Å². The topological polar surface area (TPSA) is 132 Å². The Balaban J connectivity index is 0.000000262. The maximum Gasteiger partial charge on any atom is 0.584 e. The summed E-state index contributed by atoms with van der Waals surface area (Å²) < 4.78 is 56.1. The molecule has 3 N–H and O–H groups in total. The largest absolute Gasteiger partial charge is 0.584 e. The fraction of sp³-hybridized carbons (Fsp3) is 0.520. The number of phosphoric ester groups is 2. The maximum absolute atomic E-state index is 13.1. The minimum absolute atomic E-state index is 0.237. The molecule has 2 aliphatic rings. The summed E-state index contributed by atoms with van der Waals surface area (Å²) >= 11 is 1.42. The molecule has 2 heterocycles. The Hall–Kier alpha value is -3.05. The van der Waals surface area contributed by atoms with Crippen molar-refractivity contribution in [3.63, 3.8) is 0 Å². The van der Waals surface area contributed by atoms with Gasteiger partial charge in [-0.1, -0.05) is 159 Å². The van der Waals surface area contributed by atoms with Gasteiger partial charge in [0.25, 0.3) is 0 Å². The molecule has 338 valence electrons. The lowest BCUT2D eigenvalue weighted by Crippen LogP contribution is -2.20. The standard InChI is InChI=1S/2C25H35O4P.Al.H2O/c2*1-9-16-11-18-15-19-12-17(10-2)14-21(25(6,7)8)23(19)29-30(26,27)28-22(18)20(13-16)24(3,4)5;;/h2*11-14H,9-10,15H2,1-8H3,(H,26,27);;1H2/q;;+1;/p-1. The number of fused-ring (bicyclic) bond motifs is 4. The lowest BCUT2D eigenvalue weighted by atomic mass is 9.81. The number of hydrogen-bond donors (Lipinski definition) is 3. The normalized spacial score (nSPS) is 15.5. The smallest absolute Gasteiger partial charge is 0.529 e. The van der Waals surface area contributed by atoms with Gasteiger partial charge in [0.2, 0.25) is 0 Å². The van der Waals surface area contributed by atoms with Gasteiger partial charge in [-0.15, -0.1) is 0 Å². The lowest BCUT2D eigenvalue weighted by Gasteiger charge is -2.31. The molecule has 62 heavy (non-hydrogen) atoms. The third-order valence-corrected chi connectivity index (χ3v) is 13.0. The van der Waals surface area contributed by atoms with Crippen molar-refractivity contribution < 1.29 is 41.2 Å². The molecule has 0 atom stereocenters. The second kappa shape index (κ2) is 19.2. The summed E-state index contributed by atoms with van der Waals surface area (Å²) in [5.41, 5.74) is 11.3. The molecule has 12 heteroatoms. The van der Waals surface area contributed by atoms with Crippen molar-refractivity contribution in [3.05, 3.63) is 115 Å². The van der Waals surface area contributed by atoms with Crippen LogP contribution < -0.4 is 18.1 Å². The van der Waals surface area contributed by atoms with Crippen LogP contribution in [0.4, 0.5) is 0 Å². The van der Waals surface area contributed by atoms with Gasteiger partial charge in [-0.05, 0) is 91.9 Å². The van der Waals surface area contributed by atoms with Crippen LogP contribution in [0.25, 0.3) is 0 Å². The van der Waals surface area contributed by atoms with Crippen LogP contribution in [0.2, 0.25) is 0 Å². The maximum atomic E-state index is 13.1. The second-order valence-corrected chi connectivity index (χ2v) is 23.2. The highest BCUT2D eigenvalue weighted by Crippen LogP contribution is 2.55. The van der Waals surface area contributed by atoms with E-state index in [0.717, 1.165) is 70.2 Å². The molecule has 9 nitrogen and oxygen atoms in total. The van der Waals surface area contributed by atoms with E-state index in [1.165, 1.54) is 38.9 Å². The first-order valence-corrected chi connectivity index (χ1v) is 25.4. The minimum Gasteiger partial charge on any atom is -0.529 e. The molecular weight excluding hydrogens is 833 g/mol. The average molecular weight is 905 g/mol. The van der Waals surface area contributed by atoms with Gasteiger partial charge in [0.1, 0.15) is 23.0 Å². The number of rotatable bonds is 4. The predicted octanol–water partition coefficient (Wildman–Crippen LogP) is 12.8. The molecule has 2 radical (unpaired) electrons. The highest BCUT2D eigenvalue weighted by atomic mass is 31.2. The Labute approximate surface area is 381 Å². The van der Waals surface area contributed by atoms with E-state index >= 15 is 0 Å². The zero-order valence-corrected chi connectivity index (χ0v) is 43.1. The summed E-state index contributed by atoms with van der Waals surface area (Å²) in [6.07, 6.45) is 4.74. The van der Waals surface area contributed by atoms with Gasteiger partial charge in [-0.3, -0.25) is 9.79 Å². The van der Waals surface area contributed by atoms with E-state index in [1.54, 1.807) is 0 Å². The number of phosphoric acid groups is 2. The Kier molecular flexibility index (Phi) is 16.0. The van der Waals surface area contributed by atoms with Crippen LogP contribution in [0.5, 0.6) is 23.0 Å². The SMILES string of the molecule is CCc1cc2c(c(C(C)(C)C)c1)OP(=O)(O)Oc1c(cc(CC)cc1C(C)(C)C)C2.CCc1cc2c(c(C(C)(C)C)c1)OP(=O)(O)Oc1c(cc(CC)cc1C(C)(C)C)C2.[OH][Al]. The molecular formula is C50H71AlO9P2. The molecule has 2 aliphatic heterocycles. The minimum atomic E-state index is -4.36. The molecule has 0 bridgehead atoms. The molecule has 0 amide bonds. The molecule has 0 saturated carbocycles. The average Bonchev–Trinajstić information content (AvgIpc) is 3.14. The van der Waals surface area contributed by atoms with Gasteiger partial charge in [-0.2, -0.15) is 0 Å². The molecule has 4 aromatic carbocycles. The summed E-state index contributed by atoms with van der Waals surface area (Å²) in [5, 5.41) is 0. The molecule has 0 aliphatic carbocycles. The van der Waals surface area contributed by atoms with E-state index < -0.39 is 15.6 Å². The fourth-order valence-corrected chi connectivity index (χ4v) is 9.79. The van der Waals surface area contributed by atoms with E-state index in [-0.39, 0.29) is 21.7 Å². The van der Waals surface area contributed by atoms with E-state index in [1.807, 2.05) is 0 Å². The van der Waals surface area contributed by atoms with Crippen molar-refractivity contribution in [2.24, 2.45) is 0 Å². The highest BCUT2D eigenvalue weighted by molar-refractivity contribution is 7.48. The van der Waals surface area contributed by atoms with Crippen molar-refractivity contribution in [1.29, 1.82) is 0 Å². The first-order chi connectivity index (χ1) is 28.5. The lowest BCUT2D eigenvalue weighted by molar-refractivity contribution is 0.279. The van der Waals surface area contributed by atoms with Crippen molar-refractivity contribution in [2.75, 3.05) is 0 Å². The van der Waals surface area contributed by atoms with Crippen molar-refractivity contribution in [1.82, 2.24) is 0 Å². The van der Waals surface area contributed by atoms with E-state index in [4.69, 9.17) is 22.3 Å². The van der Waals surface area contributed by atoms with Gasteiger partial charge in [0.05, 0.1) is 0 Å².